The Balaban J connectivity index is 1.39. The van der Waals surface area contributed by atoms with Crippen LogP contribution in [0.3, 0.4) is 0 Å². The highest BCUT2D eigenvalue weighted by atomic mass is 19.4. The molecule has 0 aliphatic carbocycles. The molecule has 1 aliphatic rings. The number of alkyl halides is 3. The third-order valence-electron chi connectivity index (χ3n) is 5.96. The summed E-state index contributed by atoms with van der Waals surface area (Å²) in [4.78, 5) is 28.6. The maximum absolute atomic E-state index is 13.3. The molecule has 4 rings (SSSR count). The molecule has 182 valence electrons. The SMILES string of the molecule is Cc1cccc(C)c1NC(=O)c1ccc(N2CCN(C(=O)c3ccccc3C(F)(F)F)CC2)nn1. The lowest BCUT2D eigenvalue weighted by Crippen LogP contribution is -2.49. The smallest absolute Gasteiger partial charge is 0.352 e. The minimum Gasteiger partial charge on any atom is -0.352 e. The van der Waals surface area contributed by atoms with Crippen molar-refractivity contribution >= 4 is 23.3 Å². The topological polar surface area (TPSA) is 78.4 Å². The van der Waals surface area contributed by atoms with Gasteiger partial charge in [0, 0.05) is 31.9 Å². The monoisotopic (exact) mass is 483 g/mol. The van der Waals surface area contributed by atoms with Crippen LogP contribution < -0.4 is 10.2 Å². The lowest BCUT2D eigenvalue weighted by Gasteiger charge is -2.35. The summed E-state index contributed by atoms with van der Waals surface area (Å²) in [5.41, 5.74) is 1.48. The molecule has 35 heavy (non-hydrogen) atoms. The van der Waals surface area contributed by atoms with Crippen LogP contribution in [0, 0.1) is 13.8 Å². The summed E-state index contributed by atoms with van der Waals surface area (Å²) < 4.78 is 39.9. The predicted octanol–water partition coefficient (Wildman–Crippen LogP) is 4.33. The van der Waals surface area contributed by atoms with Crippen molar-refractivity contribution in [2.75, 3.05) is 36.4 Å². The standard InChI is InChI=1S/C25H24F3N5O2/c1-16-6-5-7-17(2)22(16)29-23(34)20-10-11-21(31-30-20)32-12-14-33(15-13-32)24(35)18-8-3-4-9-19(18)25(26,27)28/h3-11H,12-15H2,1-2H3,(H,29,34). The number of para-hydroxylation sites is 1. The molecule has 2 amide bonds. The quantitative estimate of drug-likeness (QED) is 0.598. The van der Waals surface area contributed by atoms with Crippen LogP contribution in [0.1, 0.15) is 37.5 Å². The van der Waals surface area contributed by atoms with Crippen molar-refractivity contribution in [3.63, 3.8) is 0 Å². The van der Waals surface area contributed by atoms with Crippen LogP contribution in [0.2, 0.25) is 0 Å². The Bertz CT molecular complexity index is 1220. The number of amides is 2. The highest BCUT2D eigenvalue weighted by Crippen LogP contribution is 2.32. The summed E-state index contributed by atoms with van der Waals surface area (Å²) in [5.74, 6) is -0.501. The Hall–Kier alpha value is -3.95. The second-order valence-corrected chi connectivity index (χ2v) is 8.32. The van der Waals surface area contributed by atoms with E-state index in [0.29, 0.717) is 18.9 Å². The van der Waals surface area contributed by atoms with Gasteiger partial charge in [-0.05, 0) is 49.2 Å². The number of anilines is 2. The van der Waals surface area contributed by atoms with Crippen LogP contribution in [0.15, 0.2) is 54.6 Å². The molecule has 1 aromatic heterocycles. The van der Waals surface area contributed by atoms with Crippen LogP contribution in [0.25, 0.3) is 0 Å². The van der Waals surface area contributed by atoms with E-state index in [0.717, 1.165) is 22.9 Å². The molecule has 1 aliphatic heterocycles. The number of rotatable bonds is 4. The van der Waals surface area contributed by atoms with Crippen molar-refractivity contribution in [2.45, 2.75) is 20.0 Å². The number of halogens is 3. The van der Waals surface area contributed by atoms with Crippen LogP contribution in [-0.2, 0) is 6.18 Å². The molecule has 3 aromatic rings. The summed E-state index contributed by atoms with van der Waals surface area (Å²) in [5, 5.41) is 11.1. The number of nitrogens with one attached hydrogen (secondary N) is 1. The first-order valence-electron chi connectivity index (χ1n) is 11.1. The lowest BCUT2D eigenvalue weighted by molar-refractivity contribution is -0.138. The molecule has 0 spiro atoms. The Labute approximate surface area is 200 Å². The Morgan fingerprint density at radius 2 is 1.51 bits per heavy atom. The van der Waals surface area contributed by atoms with Crippen LogP contribution in [0.4, 0.5) is 24.7 Å². The minimum absolute atomic E-state index is 0.161. The number of benzene rings is 2. The second kappa shape index (κ2) is 9.73. The highest BCUT2D eigenvalue weighted by molar-refractivity contribution is 6.03. The normalized spacial score (nSPS) is 14.1. The number of nitrogens with zero attached hydrogens (tertiary/aromatic N) is 4. The van der Waals surface area contributed by atoms with Crippen molar-refractivity contribution in [1.82, 2.24) is 15.1 Å². The number of hydrogen-bond donors (Lipinski definition) is 1. The van der Waals surface area contributed by atoms with Gasteiger partial charge in [-0.3, -0.25) is 9.59 Å². The van der Waals surface area contributed by atoms with E-state index in [9.17, 15) is 22.8 Å². The Morgan fingerprint density at radius 3 is 2.11 bits per heavy atom. The molecule has 7 nitrogen and oxygen atoms in total. The van der Waals surface area contributed by atoms with Gasteiger partial charge in [0.15, 0.2) is 11.5 Å². The van der Waals surface area contributed by atoms with Gasteiger partial charge in [0.25, 0.3) is 11.8 Å². The number of hydrogen-bond acceptors (Lipinski definition) is 5. The van der Waals surface area contributed by atoms with E-state index in [4.69, 9.17) is 0 Å². The molecular formula is C25H24F3N5O2. The van der Waals surface area contributed by atoms with Crippen molar-refractivity contribution in [2.24, 2.45) is 0 Å². The van der Waals surface area contributed by atoms with Gasteiger partial charge in [0.1, 0.15) is 0 Å². The highest BCUT2D eigenvalue weighted by Gasteiger charge is 2.36. The maximum Gasteiger partial charge on any atom is 0.417 e. The molecule has 0 unspecified atom stereocenters. The van der Waals surface area contributed by atoms with Gasteiger partial charge in [-0.1, -0.05) is 30.3 Å². The summed E-state index contributed by atoms with van der Waals surface area (Å²) in [6.45, 7) is 5.04. The van der Waals surface area contributed by atoms with Gasteiger partial charge >= 0.3 is 6.18 Å². The fourth-order valence-corrected chi connectivity index (χ4v) is 4.03. The number of aromatic nitrogens is 2. The number of carbonyl (C=O) groups is 2. The van der Waals surface area contributed by atoms with E-state index < -0.39 is 17.6 Å². The molecule has 0 saturated carbocycles. The van der Waals surface area contributed by atoms with Gasteiger partial charge in [0.05, 0.1) is 11.1 Å². The molecule has 1 saturated heterocycles. The molecule has 2 heterocycles. The van der Waals surface area contributed by atoms with Crippen LogP contribution >= 0.6 is 0 Å². The average molecular weight is 483 g/mol. The molecular weight excluding hydrogens is 459 g/mol. The predicted molar refractivity (Wildman–Crippen MR) is 125 cm³/mol. The number of aryl methyl sites for hydroxylation is 2. The van der Waals surface area contributed by atoms with E-state index in [1.807, 2.05) is 36.9 Å². The first-order chi connectivity index (χ1) is 16.6. The zero-order valence-electron chi connectivity index (χ0n) is 19.3. The van der Waals surface area contributed by atoms with Crippen molar-refractivity contribution in [1.29, 1.82) is 0 Å². The summed E-state index contributed by atoms with van der Waals surface area (Å²) in [6.07, 6.45) is -4.60. The first-order valence-corrected chi connectivity index (χ1v) is 11.1. The minimum atomic E-state index is -4.60. The van der Waals surface area contributed by atoms with E-state index in [-0.39, 0.29) is 30.3 Å². The summed E-state index contributed by atoms with van der Waals surface area (Å²) in [6, 6.07) is 13.8. The molecule has 0 radical (unpaired) electrons. The van der Waals surface area contributed by atoms with Gasteiger partial charge in [-0.25, -0.2) is 0 Å². The molecule has 2 aromatic carbocycles. The zero-order chi connectivity index (χ0) is 25.2. The summed E-state index contributed by atoms with van der Waals surface area (Å²) in [7, 11) is 0. The Kier molecular flexibility index (Phi) is 6.72. The third-order valence-corrected chi connectivity index (χ3v) is 5.96. The fourth-order valence-electron chi connectivity index (χ4n) is 4.03. The second-order valence-electron chi connectivity index (χ2n) is 8.32. The molecule has 1 N–H and O–H groups in total. The van der Waals surface area contributed by atoms with Gasteiger partial charge in [0.2, 0.25) is 0 Å². The van der Waals surface area contributed by atoms with E-state index in [1.165, 1.54) is 23.1 Å². The zero-order valence-corrected chi connectivity index (χ0v) is 19.3. The Morgan fingerprint density at radius 1 is 0.857 bits per heavy atom. The fraction of sp³-hybridized carbons (Fsp3) is 0.280. The summed E-state index contributed by atoms with van der Waals surface area (Å²) >= 11 is 0. The van der Waals surface area contributed by atoms with Crippen molar-refractivity contribution in [3.05, 3.63) is 82.5 Å². The average Bonchev–Trinajstić information content (AvgIpc) is 2.85. The molecule has 0 bridgehead atoms. The van der Waals surface area contributed by atoms with Gasteiger partial charge in [-0.2, -0.15) is 13.2 Å². The van der Waals surface area contributed by atoms with Crippen LogP contribution in [0.5, 0.6) is 0 Å². The molecule has 0 atom stereocenters. The van der Waals surface area contributed by atoms with E-state index in [1.54, 1.807) is 12.1 Å². The largest absolute Gasteiger partial charge is 0.417 e. The van der Waals surface area contributed by atoms with Crippen molar-refractivity contribution < 1.29 is 22.8 Å². The molecule has 10 heteroatoms. The van der Waals surface area contributed by atoms with Crippen molar-refractivity contribution in [3.8, 4) is 0 Å². The lowest BCUT2D eigenvalue weighted by atomic mass is 10.1. The molecule has 1 fully saturated rings. The number of piperazine rings is 1. The van der Waals surface area contributed by atoms with E-state index >= 15 is 0 Å². The first kappa shape index (κ1) is 24.2. The van der Waals surface area contributed by atoms with Gasteiger partial charge in [-0.15, -0.1) is 10.2 Å². The van der Waals surface area contributed by atoms with E-state index in [2.05, 4.69) is 15.5 Å². The number of carbonyl (C=O) groups excluding carboxylic acids is 2. The van der Waals surface area contributed by atoms with Gasteiger partial charge < -0.3 is 15.1 Å². The third kappa shape index (κ3) is 5.26. The maximum atomic E-state index is 13.3. The van der Waals surface area contributed by atoms with Crippen LogP contribution in [-0.4, -0.2) is 53.1 Å².